The minimum absolute atomic E-state index is 0.106. The first-order valence-corrected chi connectivity index (χ1v) is 9.67. The summed E-state index contributed by atoms with van der Waals surface area (Å²) in [6.07, 6.45) is 3.51. The molecule has 2 aromatic rings. The van der Waals surface area contributed by atoms with E-state index in [1.807, 2.05) is 54.6 Å². The molecule has 0 saturated heterocycles. The Bertz CT molecular complexity index is 868. The molecule has 0 bridgehead atoms. The number of fused-ring (bicyclic) bond motifs is 2. The van der Waals surface area contributed by atoms with Crippen LogP contribution < -0.4 is 0 Å². The van der Waals surface area contributed by atoms with Gasteiger partial charge in [-0.2, -0.15) is 8.42 Å². The third-order valence-corrected chi connectivity index (χ3v) is 4.69. The summed E-state index contributed by atoms with van der Waals surface area (Å²) in [5.41, 5.74) is 5.03. The van der Waals surface area contributed by atoms with Crippen LogP contribution in [0.3, 0.4) is 0 Å². The van der Waals surface area contributed by atoms with Gasteiger partial charge in [-0.25, -0.2) is 0 Å². The van der Waals surface area contributed by atoms with E-state index in [4.69, 9.17) is 4.18 Å². The van der Waals surface area contributed by atoms with Gasteiger partial charge < -0.3 is 5.11 Å². The highest BCUT2D eigenvalue weighted by molar-refractivity contribution is 7.85. The first-order chi connectivity index (χ1) is 11.5. The molecule has 4 nitrogen and oxygen atoms in total. The standard InChI is InChI=1S/C19H20O4S/c1-24(21,22)23-12-6-11-16-15-8-3-2-7-14(15)13-19(20)18-10-5-4-9-17(16)18/h2-5,7-11,19-20H,6,12-13H2,1H3/b16-11-/t19-/m1/s1. The largest absolute Gasteiger partial charge is 0.388 e. The van der Waals surface area contributed by atoms with Crippen LogP contribution in [0.15, 0.2) is 54.6 Å². The molecule has 24 heavy (non-hydrogen) atoms. The topological polar surface area (TPSA) is 63.6 Å². The summed E-state index contributed by atoms with van der Waals surface area (Å²) in [7, 11) is -3.43. The Morgan fingerprint density at radius 2 is 1.79 bits per heavy atom. The second-order valence-corrected chi connectivity index (χ2v) is 7.54. The van der Waals surface area contributed by atoms with Crippen molar-refractivity contribution in [3.05, 3.63) is 76.9 Å². The molecule has 2 aromatic carbocycles. The Hall–Kier alpha value is -1.95. The molecule has 0 aromatic heterocycles. The Kier molecular flexibility index (Phi) is 4.85. The Labute approximate surface area is 142 Å². The molecule has 126 valence electrons. The molecule has 0 fully saturated rings. The van der Waals surface area contributed by atoms with E-state index >= 15 is 0 Å². The second kappa shape index (κ2) is 6.89. The fourth-order valence-corrected chi connectivity index (χ4v) is 3.48. The van der Waals surface area contributed by atoms with Crippen LogP contribution in [-0.2, 0) is 20.7 Å². The maximum atomic E-state index is 11.1. The van der Waals surface area contributed by atoms with Crippen LogP contribution in [-0.4, -0.2) is 26.4 Å². The zero-order valence-electron chi connectivity index (χ0n) is 13.5. The summed E-state index contributed by atoms with van der Waals surface area (Å²) >= 11 is 0. The average Bonchev–Trinajstić information content (AvgIpc) is 2.66. The van der Waals surface area contributed by atoms with E-state index in [9.17, 15) is 13.5 Å². The van der Waals surface area contributed by atoms with Crippen LogP contribution in [0.2, 0.25) is 0 Å². The van der Waals surface area contributed by atoms with Gasteiger partial charge in [0.25, 0.3) is 10.1 Å². The van der Waals surface area contributed by atoms with Gasteiger partial charge in [0.15, 0.2) is 0 Å². The number of hydrogen-bond donors (Lipinski definition) is 1. The van der Waals surface area contributed by atoms with Crippen molar-refractivity contribution in [2.75, 3.05) is 12.9 Å². The van der Waals surface area contributed by atoms with E-state index in [2.05, 4.69) is 0 Å². The SMILES string of the molecule is CS(=O)(=O)OCC/C=C1/c2ccccc2C[C@@H](O)c2ccccc21. The van der Waals surface area contributed by atoms with E-state index < -0.39 is 16.2 Å². The first kappa shape index (κ1) is 16.9. The average molecular weight is 344 g/mol. The van der Waals surface area contributed by atoms with Crippen LogP contribution in [0.4, 0.5) is 0 Å². The van der Waals surface area contributed by atoms with Crippen LogP contribution in [0.25, 0.3) is 5.57 Å². The van der Waals surface area contributed by atoms with Crippen molar-refractivity contribution in [3.8, 4) is 0 Å². The Morgan fingerprint density at radius 1 is 1.12 bits per heavy atom. The van der Waals surface area contributed by atoms with Crippen molar-refractivity contribution < 1.29 is 17.7 Å². The molecule has 1 atom stereocenters. The molecule has 1 aliphatic rings. The summed E-state index contributed by atoms with van der Waals surface area (Å²) in [5.74, 6) is 0. The number of rotatable bonds is 4. The van der Waals surface area contributed by atoms with Crippen LogP contribution in [0.5, 0.6) is 0 Å². The molecule has 0 saturated carbocycles. The fourth-order valence-electron chi connectivity index (χ4n) is 3.08. The maximum Gasteiger partial charge on any atom is 0.264 e. The van der Waals surface area contributed by atoms with E-state index in [1.54, 1.807) is 0 Å². The lowest BCUT2D eigenvalue weighted by molar-refractivity contribution is 0.179. The number of aliphatic hydroxyl groups is 1. The summed E-state index contributed by atoms with van der Waals surface area (Å²) in [6.45, 7) is 0.106. The molecule has 0 unspecified atom stereocenters. The Balaban J connectivity index is 2.01. The zero-order chi connectivity index (χ0) is 17.2. The fraction of sp³-hybridized carbons (Fsp3) is 0.263. The first-order valence-electron chi connectivity index (χ1n) is 7.86. The van der Waals surface area contributed by atoms with Gasteiger partial charge in [-0.05, 0) is 34.2 Å². The number of hydrogen-bond acceptors (Lipinski definition) is 4. The Morgan fingerprint density at radius 3 is 2.54 bits per heavy atom. The number of benzene rings is 2. The van der Waals surface area contributed by atoms with Gasteiger partial charge in [0.1, 0.15) is 0 Å². The van der Waals surface area contributed by atoms with Gasteiger partial charge in [0.2, 0.25) is 0 Å². The van der Waals surface area contributed by atoms with E-state index in [0.717, 1.165) is 34.1 Å². The molecule has 0 heterocycles. The maximum absolute atomic E-state index is 11.1. The highest BCUT2D eigenvalue weighted by Crippen LogP contribution is 2.37. The number of aliphatic hydroxyl groups excluding tert-OH is 1. The lowest BCUT2D eigenvalue weighted by atomic mass is 9.93. The summed E-state index contributed by atoms with van der Waals surface area (Å²) < 4.78 is 27.0. The van der Waals surface area contributed by atoms with Crippen LogP contribution >= 0.6 is 0 Å². The van der Waals surface area contributed by atoms with Gasteiger partial charge in [0.05, 0.1) is 19.0 Å². The molecule has 3 rings (SSSR count). The van der Waals surface area contributed by atoms with Crippen molar-refractivity contribution in [1.29, 1.82) is 0 Å². The second-order valence-electron chi connectivity index (χ2n) is 5.90. The normalized spacial score (nSPS) is 18.8. The van der Waals surface area contributed by atoms with Crippen molar-refractivity contribution >= 4 is 15.7 Å². The summed E-state index contributed by atoms with van der Waals surface area (Å²) in [6, 6.07) is 15.8. The van der Waals surface area contributed by atoms with Crippen LogP contribution in [0, 0.1) is 0 Å². The van der Waals surface area contributed by atoms with Crippen LogP contribution in [0.1, 0.15) is 34.8 Å². The molecule has 1 N–H and O–H groups in total. The highest BCUT2D eigenvalue weighted by Gasteiger charge is 2.22. The third-order valence-electron chi connectivity index (χ3n) is 4.09. The van der Waals surface area contributed by atoms with Crippen molar-refractivity contribution in [2.24, 2.45) is 0 Å². The minimum atomic E-state index is -3.43. The predicted octanol–water partition coefficient (Wildman–Crippen LogP) is 3.07. The van der Waals surface area contributed by atoms with Gasteiger partial charge in [-0.1, -0.05) is 54.6 Å². The van der Waals surface area contributed by atoms with Gasteiger partial charge in [-0.3, -0.25) is 4.18 Å². The molecule has 0 radical (unpaired) electrons. The van der Waals surface area contributed by atoms with E-state index in [-0.39, 0.29) is 6.61 Å². The molecule has 0 spiro atoms. The molecule has 1 aliphatic carbocycles. The molecule has 0 amide bonds. The van der Waals surface area contributed by atoms with Crippen molar-refractivity contribution in [3.63, 3.8) is 0 Å². The van der Waals surface area contributed by atoms with E-state index in [0.29, 0.717) is 12.8 Å². The van der Waals surface area contributed by atoms with Gasteiger partial charge in [-0.15, -0.1) is 0 Å². The molecular weight excluding hydrogens is 324 g/mol. The lowest BCUT2D eigenvalue weighted by Crippen LogP contribution is -2.03. The van der Waals surface area contributed by atoms with Gasteiger partial charge in [0, 0.05) is 6.42 Å². The minimum Gasteiger partial charge on any atom is -0.388 e. The third kappa shape index (κ3) is 3.75. The van der Waals surface area contributed by atoms with Gasteiger partial charge >= 0.3 is 0 Å². The lowest BCUT2D eigenvalue weighted by Gasteiger charge is -2.13. The van der Waals surface area contributed by atoms with E-state index in [1.165, 1.54) is 0 Å². The quantitative estimate of drug-likeness (QED) is 0.684. The molecule has 0 aliphatic heterocycles. The molecule has 5 heteroatoms. The van der Waals surface area contributed by atoms with Crippen molar-refractivity contribution in [2.45, 2.75) is 18.9 Å². The highest BCUT2D eigenvalue weighted by atomic mass is 32.2. The monoisotopic (exact) mass is 344 g/mol. The predicted molar refractivity (Wildman–Crippen MR) is 94.0 cm³/mol. The van der Waals surface area contributed by atoms with Crippen molar-refractivity contribution in [1.82, 2.24) is 0 Å². The summed E-state index contributed by atoms with van der Waals surface area (Å²) in [5, 5.41) is 10.6. The molecular formula is C19H20O4S. The summed E-state index contributed by atoms with van der Waals surface area (Å²) in [4.78, 5) is 0. The zero-order valence-corrected chi connectivity index (χ0v) is 14.3. The smallest absolute Gasteiger partial charge is 0.264 e.